The number of nitrogens with zero attached hydrogens (tertiary/aromatic N) is 2. The van der Waals surface area contributed by atoms with Crippen molar-refractivity contribution in [2.45, 2.75) is 6.92 Å². The number of hydrogen-bond acceptors (Lipinski definition) is 4. The highest BCUT2D eigenvalue weighted by Gasteiger charge is 2.07. The normalized spacial score (nSPS) is 10.3. The first-order valence-electron chi connectivity index (χ1n) is 6.84. The second-order valence-electron chi connectivity index (χ2n) is 4.81. The Morgan fingerprint density at radius 3 is 2.48 bits per heavy atom. The monoisotopic (exact) mass is 328 g/mol. The van der Waals surface area contributed by atoms with Crippen LogP contribution in [-0.2, 0) is 0 Å². The summed E-state index contributed by atoms with van der Waals surface area (Å²) in [5, 5.41) is 9.74. The number of halogens is 1. The van der Waals surface area contributed by atoms with Crippen LogP contribution in [0.15, 0.2) is 53.1 Å². The molecule has 2 N–H and O–H groups in total. The predicted molar refractivity (Wildman–Crippen MR) is 88.6 cm³/mol. The molecule has 116 valence electrons. The lowest BCUT2D eigenvalue weighted by Gasteiger charge is -2.08. The summed E-state index contributed by atoms with van der Waals surface area (Å²) in [6.07, 6.45) is 0. The third kappa shape index (κ3) is 3.87. The second-order valence-corrected chi connectivity index (χ2v) is 5.25. The molecule has 0 saturated carbocycles. The van der Waals surface area contributed by atoms with Crippen molar-refractivity contribution in [3.8, 4) is 11.5 Å². The van der Waals surface area contributed by atoms with Crippen LogP contribution in [0.2, 0.25) is 5.02 Å². The highest BCUT2D eigenvalue weighted by atomic mass is 35.5. The van der Waals surface area contributed by atoms with Crippen molar-refractivity contribution in [1.82, 2.24) is 10.1 Å². The summed E-state index contributed by atoms with van der Waals surface area (Å²) in [6, 6.07) is 13.7. The summed E-state index contributed by atoms with van der Waals surface area (Å²) in [7, 11) is 0. The molecule has 0 spiro atoms. The van der Waals surface area contributed by atoms with Gasteiger partial charge in [0, 0.05) is 22.0 Å². The molecule has 0 aliphatic carbocycles. The number of aromatic nitrogens is 2. The van der Waals surface area contributed by atoms with Crippen LogP contribution in [0.25, 0.3) is 11.5 Å². The van der Waals surface area contributed by atoms with Gasteiger partial charge in [0.15, 0.2) is 5.82 Å². The lowest BCUT2D eigenvalue weighted by atomic mass is 10.2. The third-order valence-electron chi connectivity index (χ3n) is 3.00. The lowest BCUT2D eigenvalue weighted by Crippen LogP contribution is -2.19. The van der Waals surface area contributed by atoms with Crippen LogP contribution >= 0.6 is 11.6 Å². The van der Waals surface area contributed by atoms with Crippen molar-refractivity contribution >= 4 is 29.0 Å². The van der Waals surface area contributed by atoms with E-state index in [1.54, 1.807) is 55.5 Å². The van der Waals surface area contributed by atoms with Crippen LogP contribution in [-0.4, -0.2) is 16.2 Å². The van der Waals surface area contributed by atoms with Crippen molar-refractivity contribution in [1.29, 1.82) is 0 Å². The van der Waals surface area contributed by atoms with Gasteiger partial charge >= 0.3 is 6.03 Å². The Morgan fingerprint density at radius 2 is 1.83 bits per heavy atom. The molecule has 6 nitrogen and oxygen atoms in total. The third-order valence-corrected chi connectivity index (χ3v) is 3.23. The minimum atomic E-state index is -0.353. The van der Waals surface area contributed by atoms with Gasteiger partial charge in [-0.1, -0.05) is 22.8 Å². The zero-order valence-electron chi connectivity index (χ0n) is 12.2. The second kappa shape index (κ2) is 6.50. The first kappa shape index (κ1) is 15.1. The minimum absolute atomic E-state index is 0.353. The van der Waals surface area contributed by atoms with E-state index in [1.807, 2.05) is 0 Å². The van der Waals surface area contributed by atoms with Gasteiger partial charge in [0.2, 0.25) is 0 Å². The Kier molecular flexibility index (Phi) is 4.25. The van der Waals surface area contributed by atoms with Crippen LogP contribution in [0.3, 0.4) is 0 Å². The van der Waals surface area contributed by atoms with Crippen LogP contribution in [0, 0.1) is 6.92 Å². The number of anilines is 2. The Labute approximate surface area is 137 Å². The van der Waals surface area contributed by atoms with Gasteiger partial charge in [-0.05, 0) is 49.4 Å². The average Bonchev–Trinajstić information content (AvgIpc) is 2.94. The molecular formula is C16H13ClN4O2. The van der Waals surface area contributed by atoms with E-state index in [0.29, 0.717) is 28.1 Å². The number of urea groups is 1. The molecule has 3 aromatic rings. The molecule has 0 aliphatic rings. The Hall–Kier alpha value is -2.86. The number of hydrogen-bond donors (Lipinski definition) is 2. The SMILES string of the molecule is Cc1noc(-c2ccc(NC(=O)Nc3cccc(Cl)c3)cc2)n1. The molecule has 1 aromatic heterocycles. The van der Waals surface area contributed by atoms with Gasteiger partial charge in [0.25, 0.3) is 5.89 Å². The fourth-order valence-electron chi connectivity index (χ4n) is 1.97. The highest BCUT2D eigenvalue weighted by Crippen LogP contribution is 2.20. The van der Waals surface area contributed by atoms with Crippen molar-refractivity contribution in [3.05, 3.63) is 59.4 Å². The summed E-state index contributed by atoms with van der Waals surface area (Å²) in [5.74, 6) is 1.01. The highest BCUT2D eigenvalue weighted by molar-refractivity contribution is 6.30. The molecule has 2 aromatic carbocycles. The zero-order valence-corrected chi connectivity index (χ0v) is 13.0. The minimum Gasteiger partial charge on any atom is -0.334 e. The van der Waals surface area contributed by atoms with Crippen LogP contribution < -0.4 is 10.6 Å². The largest absolute Gasteiger partial charge is 0.334 e. The molecule has 7 heteroatoms. The molecule has 3 rings (SSSR count). The van der Waals surface area contributed by atoms with E-state index < -0.39 is 0 Å². The van der Waals surface area contributed by atoms with Gasteiger partial charge in [-0.3, -0.25) is 0 Å². The maximum absolute atomic E-state index is 11.9. The number of nitrogens with one attached hydrogen (secondary N) is 2. The number of carbonyl (C=O) groups is 1. The molecule has 0 bridgehead atoms. The average molecular weight is 329 g/mol. The van der Waals surface area contributed by atoms with Crippen molar-refractivity contribution in [2.75, 3.05) is 10.6 Å². The van der Waals surface area contributed by atoms with Gasteiger partial charge in [-0.25, -0.2) is 4.79 Å². The molecule has 2 amide bonds. The summed E-state index contributed by atoms with van der Waals surface area (Å²) in [6.45, 7) is 1.75. The number of benzene rings is 2. The standard InChI is InChI=1S/C16H13ClN4O2/c1-10-18-15(23-21-10)11-5-7-13(8-6-11)19-16(22)20-14-4-2-3-12(17)9-14/h2-9H,1H3,(H2,19,20,22). The predicted octanol–water partition coefficient (Wildman–Crippen LogP) is 4.34. The van der Waals surface area contributed by atoms with Gasteiger partial charge < -0.3 is 15.2 Å². The topological polar surface area (TPSA) is 80.0 Å². The molecule has 1 heterocycles. The smallest absolute Gasteiger partial charge is 0.323 e. The van der Waals surface area contributed by atoms with Gasteiger partial charge in [-0.2, -0.15) is 4.98 Å². The summed E-state index contributed by atoms with van der Waals surface area (Å²) in [5.41, 5.74) is 2.05. The van der Waals surface area contributed by atoms with Crippen LogP contribution in [0.5, 0.6) is 0 Å². The summed E-state index contributed by atoms with van der Waals surface area (Å²) >= 11 is 5.87. The van der Waals surface area contributed by atoms with Gasteiger partial charge in [-0.15, -0.1) is 0 Å². The first-order valence-corrected chi connectivity index (χ1v) is 7.22. The summed E-state index contributed by atoms with van der Waals surface area (Å²) < 4.78 is 5.09. The van der Waals surface area contributed by atoms with E-state index in [2.05, 4.69) is 20.8 Å². The van der Waals surface area contributed by atoms with Crippen molar-refractivity contribution in [2.24, 2.45) is 0 Å². The van der Waals surface area contributed by atoms with Gasteiger partial charge in [0.1, 0.15) is 0 Å². The molecule has 0 saturated heterocycles. The maximum atomic E-state index is 11.9. The van der Waals surface area contributed by atoms with Crippen LogP contribution in [0.4, 0.5) is 16.2 Å². The molecule has 0 aliphatic heterocycles. The van der Waals surface area contributed by atoms with E-state index in [1.165, 1.54) is 0 Å². The Bertz CT molecular complexity index is 830. The number of rotatable bonds is 3. The maximum Gasteiger partial charge on any atom is 0.323 e. The number of aryl methyl sites for hydroxylation is 1. The number of amides is 2. The Morgan fingerprint density at radius 1 is 1.09 bits per heavy atom. The quantitative estimate of drug-likeness (QED) is 0.749. The molecular weight excluding hydrogens is 316 g/mol. The Balaban J connectivity index is 1.65. The van der Waals surface area contributed by atoms with E-state index in [9.17, 15) is 4.79 Å². The van der Waals surface area contributed by atoms with Gasteiger partial charge in [0.05, 0.1) is 0 Å². The van der Waals surface area contributed by atoms with E-state index in [4.69, 9.17) is 16.1 Å². The van der Waals surface area contributed by atoms with Crippen molar-refractivity contribution < 1.29 is 9.32 Å². The fourth-order valence-corrected chi connectivity index (χ4v) is 2.16. The fraction of sp³-hybridized carbons (Fsp3) is 0.0625. The molecule has 0 fully saturated rings. The van der Waals surface area contributed by atoms with E-state index >= 15 is 0 Å². The number of carbonyl (C=O) groups excluding carboxylic acids is 1. The lowest BCUT2D eigenvalue weighted by molar-refractivity contribution is 0.262. The van der Waals surface area contributed by atoms with E-state index in [0.717, 1.165) is 5.56 Å². The first-order chi connectivity index (χ1) is 11.1. The van der Waals surface area contributed by atoms with Crippen molar-refractivity contribution in [3.63, 3.8) is 0 Å². The molecule has 0 atom stereocenters. The zero-order chi connectivity index (χ0) is 16.2. The summed E-state index contributed by atoms with van der Waals surface area (Å²) in [4.78, 5) is 16.1. The molecule has 0 unspecified atom stereocenters. The van der Waals surface area contributed by atoms with Crippen LogP contribution in [0.1, 0.15) is 5.82 Å². The van der Waals surface area contributed by atoms with E-state index in [-0.39, 0.29) is 6.03 Å². The molecule has 23 heavy (non-hydrogen) atoms. The molecule has 0 radical (unpaired) electrons.